The summed E-state index contributed by atoms with van der Waals surface area (Å²) in [6, 6.07) is 9.46. The van der Waals surface area contributed by atoms with Crippen LogP contribution in [0.5, 0.6) is 17.2 Å². The molecule has 154 valence electrons. The lowest BCUT2D eigenvalue weighted by molar-refractivity contribution is -0.384. The zero-order valence-corrected chi connectivity index (χ0v) is 16.0. The quantitative estimate of drug-likeness (QED) is 0.486. The molecule has 0 heterocycles. The fourth-order valence-corrected chi connectivity index (χ4v) is 2.29. The Bertz CT molecular complexity index is 886. The van der Waals surface area contributed by atoms with E-state index in [1.165, 1.54) is 24.3 Å². The number of non-ortho nitro benzene ring substituents is 1. The molecular weight excluding hydrogens is 382 g/mol. The van der Waals surface area contributed by atoms with E-state index in [2.05, 4.69) is 10.6 Å². The smallest absolute Gasteiger partial charge is 0.325 e. The minimum absolute atomic E-state index is 0.141. The number of nitro groups is 1. The van der Waals surface area contributed by atoms with Crippen molar-refractivity contribution in [3.63, 3.8) is 0 Å². The number of nitro benzene ring substituents is 1. The van der Waals surface area contributed by atoms with Gasteiger partial charge in [0.2, 0.25) is 0 Å². The van der Waals surface area contributed by atoms with E-state index in [0.717, 1.165) is 0 Å². The van der Waals surface area contributed by atoms with Gasteiger partial charge in [-0.1, -0.05) is 6.07 Å². The van der Waals surface area contributed by atoms with Gasteiger partial charge in [-0.25, -0.2) is 4.79 Å². The monoisotopic (exact) mass is 403 g/mol. The number of carbonyl (C=O) groups is 2. The zero-order valence-electron chi connectivity index (χ0n) is 16.0. The van der Waals surface area contributed by atoms with Crippen LogP contribution in [0.1, 0.15) is 13.8 Å². The fourth-order valence-electron chi connectivity index (χ4n) is 2.29. The van der Waals surface area contributed by atoms with E-state index < -0.39 is 23.5 Å². The summed E-state index contributed by atoms with van der Waals surface area (Å²) < 4.78 is 16.1. The van der Waals surface area contributed by atoms with Crippen LogP contribution in [0.2, 0.25) is 0 Å². The number of hydrogen-bond acceptors (Lipinski definition) is 7. The van der Waals surface area contributed by atoms with Crippen LogP contribution in [0.4, 0.5) is 16.2 Å². The largest absolute Gasteiger partial charge is 0.490 e. The second-order valence-corrected chi connectivity index (χ2v) is 5.57. The molecule has 0 bridgehead atoms. The molecule has 2 rings (SSSR count). The highest BCUT2D eigenvalue weighted by Crippen LogP contribution is 2.30. The van der Waals surface area contributed by atoms with E-state index in [1.807, 2.05) is 13.8 Å². The Hall–Kier alpha value is -3.82. The third-order valence-corrected chi connectivity index (χ3v) is 3.45. The molecule has 0 saturated heterocycles. The first-order valence-corrected chi connectivity index (χ1v) is 8.80. The van der Waals surface area contributed by atoms with Crippen LogP contribution < -0.4 is 24.8 Å². The number of benzene rings is 2. The van der Waals surface area contributed by atoms with Crippen molar-refractivity contribution in [2.75, 3.05) is 25.1 Å². The predicted molar refractivity (Wildman–Crippen MR) is 105 cm³/mol. The van der Waals surface area contributed by atoms with Crippen molar-refractivity contribution in [2.24, 2.45) is 0 Å². The van der Waals surface area contributed by atoms with Crippen molar-refractivity contribution in [1.82, 2.24) is 5.32 Å². The number of urea groups is 1. The molecule has 0 atom stereocenters. The normalized spacial score (nSPS) is 10.0. The molecule has 0 aromatic heterocycles. The Labute approximate surface area is 166 Å². The number of anilines is 1. The maximum absolute atomic E-state index is 12.0. The molecule has 2 aromatic carbocycles. The van der Waals surface area contributed by atoms with Crippen LogP contribution in [0.15, 0.2) is 42.5 Å². The number of carbonyl (C=O) groups excluding carboxylic acids is 2. The average molecular weight is 403 g/mol. The first kappa shape index (κ1) is 21.5. The highest BCUT2D eigenvalue weighted by Gasteiger charge is 2.12. The Kier molecular flexibility index (Phi) is 7.78. The van der Waals surface area contributed by atoms with Crippen molar-refractivity contribution >= 4 is 23.3 Å². The number of ether oxygens (including phenoxy) is 3. The van der Waals surface area contributed by atoms with Crippen molar-refractivity contribution in [3.05, 3.63) is 52.6 Å². The maximum Gasteiger partial charge on any atom is 0.325 e. The van der Waals surface area contributed by atoms with Gasteiger partial charge in [0.15, 0.2) is 18.1 Å². The molecule has 0 aliphatic carbocycles. The highest BCUT2D eigenvalue weighted by atomic mass is 16.6. The van der Waals surface area contributed by atoms with Crippen LogP contribution >= 0.6 is 0 Å². The number of amides is 3. The van der Waals surface area contributed by atoms with E-state index in [-0.39, 0.29) is 11.4 Å². The molecule has 10 heteroatoms. The molecular formula is C19H21N3O7. The summed E-state index contributed by atoms with van der Waals surface area (Å²) in [5.41, 5.74) is 0.239. The molecule has 29 heavy (non-hydrogen) atoms. The van der Waals surface area contributed by atoms with Crippen LogP contribution in [-0.2, 0) is 4.79 Å². The van der Waals surface area contributed by atoms with Crippen LogP contribution in [0.25, 0.3) is 0 Å². The summed E-state index contributed by atoms with van der Waals surface area (Å²) in [5, 5.41) is 15.4. The van der Waals surface area contributed by atoms with Gasteiger partial charge >= 0.3 is 6.03 Å². The average Bonchev–Trinajstić information content (AvgIpc) is 2.69. The second kappa shape index (κ2) is 10.5. The van der Waals surface area contributed by atoms with E-state index in [1.54, 1.807) is 18.2 Å². The molecule has 0 aliphatic heterocycles. The third-order valence-electron chi connectivity index (χ3n) is 3.45. The number of hydrogen-bond donors (Lipinski definition) is 2. The summed E-state index contributed by atoms with van der Waals surface area (Å²) in [6.07, 6.45) is 0. The summed E-state index contributed by atoms with van der Waals surface area (Å²) in [6.45, 7) is 4.07. The van der Waals surface area contributed by atoms with Gasteiger partial charge in [-0.2, -0.15) is 0 Å². The summed E-state index contributed by atoms with van der Waals surface area (Å²) in [4.78, 5) is 34.0. The molecule has 10 nitrogen and oxygen atoms in total. The standard InChI is InChI=1S/C19H21N3O7/c1-3-27-16-9-8-13(10-17(16)28-4-2)20-19(24)21-18(23)12-29-15-7-5-6-14(11-15)22(25)26/h5-11H,3-4,12H2,1-2H3,(H2,20,21,23,24). The fraction of sp³-hybridized carbons (Fsp3) is 0.263. The van der Waals surface area contributed by atoms with Gasteiger partial charge < -0.3 is 19.5 Å². The number of rotatable bonds is 9. The molecule has 0 saturated carbocycles. The first-order valence-electron chi connectivity index (χ1n) is 8.80. The Morgan fingerprint density at radius 3 is 2.41 bits per heavy atom. The number of imide groups is 1. The molecule has 0 aliphatic rings. The zero-order chi connectivity index (χ0) is 21.2. The SMILES string of the molecule is CCOc1ccc(NC(=O)NC(=O)COc2cccc([N+](=O)[O-])c2)cc1OCC. The van der Waals surface area contributed by atoms with E-state index >= 15 is 0 Å². The minimum atomic E-state index is -0.760. The summed E-state index contributed by atoms with van der Waals surface area (Å²) in [7, 11) is 0. The maximum atomic E-state index is 12.0. The molecule has 0 radical (unpaired) electrons. The van der Waals surface area contributed by atoms with Gasteiger partial charge in [0, 0.05) is 17.8 Å². The number of nitrogens with one attached hydrogen (secondary N) is 2. The molecule has 2 N–H and O–H groups in total. The van der Waals surface area contributed by atoms with Gasteiger partial charge in [-0.15, -0.1) is 0 Å². The molecule has 0 spiro atoms. The van der Waals surface area contributed by atoms with E-state index in [0.29, 0.717) is 30.4 Å². The third kappa shape index (κ3) is 6.69. The summed E-state index contributed by atoms with van der Waals surface area (Å²) >= 11 is 0. The Morgan fingerprint density at radius 1 is 1.00 bits per heavy atom. The van der Waals surface area contributed by atoms with Gasteiger partial charge in [0.1, 0.15) is 5.75 Å². The van der Waals surface area contributed by atoms with E-state index in [9.17, 15) is 19.7 Å². The highest BCUT2D eigenvalue weighted by molar-refractivity contribution is 6.01. The molecule has 0 unspecified atom stereocenters. The predicted octanol–water partition coefficient (Wildman–Crippen LogP) is 3.12. The second-order valence-electron chi connectivity index (χ2n) is 5.57. The van der Waals surface area contributed by atoms with Gasteiger partial charge in [-0.05, 0) is 32.0 Å². The molecule has 0 fully saturated rings. The topological polar surface area (TPSA) is 129 Å². The van der Waals surface area contributed by atoms with Crippen molar-refractivity contribution in [2.45, 2.75) is 13.8 Å². The lowest BCUT2D eigenvalue weighted by Gasteiger charge is -2.13. The van der Waals surface area contributed by atoms with Gasteiger partial charge in [0.25, 0.3) is 11.6 Å². The van der Waals surface area contributed by atoms with Crippen LogP contribution in [-0.4, -0.2) is 36.7 Å². The van der Waals surface area contributed by atoms with Crippen molar-refractivity contribution in [1.29, 1.82) is 0 Å². The Morgan fingerprint density at radius 2 is 1.72 bits per heavy atom. The lowest BCUT2D eigenvalue weighted by Crippen LogP contribution is -2.37. The van der Waals surface area contributed by atoms with Crippen molar-refractivity contribution in [3.8, 4) is 17.2 Å². The number of nitrogens with zero attached hydrogens (tertiary/aromatic N) is 1. The van der Waals surface area contributed by atoms with Gasteiger partial charge in [-0.3, -0.25) is 20.2 Å². The van der Waals surface area contributed by atoms with Crippen LogP contribution in [0, 0.1) is 10.1 Å². The van der Waals surface area contributed by atoms with E-state index in [4.69, 9.17) is 14.2 Å². The Balaban J connectivity index is 1.90. The van der Waals surface area contributed by atoms with Crippen molar-refractivity contribution < 1.29 is 28.7 Å². The van der Waals surface area contributed by atoms with Crippen LogP contribution in [0.3, 0.4) is 0 Å². The summed E-state index contributed by atoms with van der Waals surface area (Å²) in [5.74, 6) is 0.432. The van der Waals surface area contributed by atoms with Gasteiger partial charge in [0.05, 0.1) is 24.2 Å². The lowest BCUT2D eigenvalue weighted by atomic mass is 10.2. The molecule has 2 aromatic rings. The minimum Gasteiger partial charge on any atom is -0.490 e. The first-order chi connectivity index (χ1) is 13.9. The molecule has 3 amide bonds.